The SMILES string of the molecule is O=C(NCc1ccc(-c2cccc(NC(=O)C3CCCN3C(=O)OCc3ccccc3)c2)cc1)C1CC1. The van der Waals surface area contributed by atoms with E-state index in [1.165, 1.54) is 4.90 Å². The summed E-state index contributed by atoms with van der Waals surface area (Å²) < 4.78 is 5.46. The molecule has 0 spiro atoms. The van der Waals surface area contributed by atoms with Gasteiger partial charge in [-0.15, -0.1) is 0 Å². The Hall–Kier alpha value is -4.13. The van der Waals surface area contributed by atoms with Crippen molar-refractivity contribution in [3.63, 3.8) is 0 Å². The molecule has 5 rings (SSSR count). The van der Waals surface area contributed by atoms with Gasteiger partial charge in [-0.05, 0) is 60.1 Å². The second-order valence-corrected chi connectivity index (χ2v) is 9.65. The van der Waals surface area contributed by atoms with E-state index in [0.29, 0.717) is 25.2 Å². The van der Waals surface area contributed by atoms with Crippen LogP contribution in [0.2, 0.25) is 0 Å². The van der Waals surface area contributed by atoms with Crippen molar-refractivity contribution in [1.82, 2.24) is 10.2 Å². The topological polar surface area (TPSA) is 87.7 Å². The lowest BCUT2D eigenvalue weighted by Crippen LogP contribution is -2.43. The molecule has 190 valence electrons. The molecule has 2 aliphatic rings. The number of carbonyl (C=O) groups is 3. The van der Waals surface area contributed by atoms with Crippen LogP contribution in [0, 0.1) is 5.92 Å². The second kappa shape index (κ2) is 11.3. The van der Waals surface area contributed by atoms with Gasteiger partial charge in [-0.1, -0.05) is 66.7 Å². The van der Waals surface area contributed by atoms with E-state index in [0.717, 1.165) is 41.5 Å². The van der Waals surface area contributed by atoms with Gasteiger partial charge in [0.15, 0.2) is 0 Å². The molecule has 3 amide bonds. The zero-order valence-electron chi connectivity index (χ0n) is 20.7. The molecule has 1 saturated heterocycles. The standard InChI is InChI=1S/C30H31N3O4/c34-28(24-15-16-24)31-19-21-11-13-23(14-12-21)25-8-4-9-26(18-25)32-29(35)27-10-5-17-33(27)30(36)37-20-22-6-2-1-3-7-22/h1-4,6-9,11-14,18,24,27H,5,10,15-17,19-20H2,(H,31,34)(H,32,35). The van der Waals surface area contributed by atoms with E-state index in [2.05, 4.69) is 10.6 Å². The average molecular weight is 498 g/mol. The highest BCUT2D eigenvalue weighted by molar-refractivity contribution is 5.97. The van der Waals surface area contributed by atoms with Gasteiger partial charge in [0, 0.05) is 24.7 Å². The molecule has 0 aromatic heterocycles. The largest absolute Gasteiger partial charge is 0.445 e. The molecule has 7 nitrogen and oxygen atoms in total. The molecule has 1 atom stereocenters. The predicted molar refractivity (Wildman–Crippen MR) is 141 cm³/mol. The number of nitrogens with one attached hydrogen (secondary N) is 2. The van der Waals surface area contributed by atoms with Crippen LogP contribution >= 0.6 is 0 Å². The first kappa shape index (κ1) is 24.6. The Morgan fingerprint density at radius 1 is 0.811 bits per heavy atom. The minimum atomic E-state index is -0.558. The summed E-state index contributed by atoms with van der Waals surface area (Å²) in [5, 5.41) is 5.96. The summed E-state index contributed by atoms with van der Waals surface area (Å²) in [6, 6.07) is 24.6. The van der Waals surface area contributed by atoms with Gasteiger partial charge in [0.25, 0.3) is 0 Å². The van der Waals surface area contributed by atoms with E-state index in [1.807, 2.05) is 78.9 Å². The molecule has 2 N–H and O–H groups in total. The zero-order valence-corrected chi connectivity index (χ0v) is 20.7. The van der Waals surface area contributed by atoms with Crippen molar-refractivity contribution in [3.8, 4) is 11.1 Å². The molecule has 3 aromatic rings. The number of hydrogen-bond donors (Lipinski definition) is 2. The maximum absolute atomic E-state index is 13.1. The Balaban J connectivity index is 1.17. The van der Waals surface area contributed by atoms with Crippen molar-refractivity contribution in [2.24, 2.45) is 5.92 Å². The molecule has 3 aromatic carbocycles. The highest BCUT2D eigenvalue weighted by Crippen LogP contribution is 2.29. The van der Waals surface area contributed by atoms with Gasteiger partial charge in [-0.3, -0.25) is 14.5 Å². The van der Waals surface area contributed by atoms with Gasteiger partial charge in [-0.2, -0.15) is 0 Å². The number of carbonyl (C=O) groups excluding carboxylic acids is 3. The maximum Gasteiger partial charge on any atom is 0.410 e. The first-order valence-corrected chi connectivity index (χ1v) is 12.8. The Kier molecular flexibility index (Phi) is 7.49. The van der Waals surface area contributed by atoms with Gasteiger partial charge >= 0.3 is 6.09 Å². The highest BCUT2D eigenvalue weighted by Gasteiger charge is 2.35. The molecular weight excluding hydrogens is 466 g/mol. The molecule has 1 aliphatic carbocycles. The summed E-state index contributed by atoms with van der Waals surface area (Å²) in [6.07, 6.45) is 2.88. The van der Waals surface area contributed by atoms with Crippen LogP contribution in [0.1, 0.15) is 36.8 Å². The van der Waals surface area contributed by atoms with Gasteiger partial charge < -0.3 is 15.4 Å². The number of likely N-dealkylation sites (tertiary alicyclic amines) is 1. The van der Waals surface area contributed by atoms with Crippen molar-refractivity contribution in [2.75, 3.05) is 11.9 Å². The van der Waals surface area contributed by atoms with Crippen LogP contribution in [0.4, 0.5) is 10.5 Å². The van der Waals surface area contributed by atoms with Crippen LogP contribution in [0.15, 0.2) is 78.9 Å². The quantitative estimate of drug-likeness (QED) is 0.452. The summed E-state index contributed by atoms with van der Waals surface area (Å²) in [4.78, 5) is 39.1. The third-order valence-electron chi connectivity index (χ3n) is 6.83. The molecule has 1 heterocycles. The Morgan fingerprint density at radius 2 is 1.59 bits per heavy atom. The molecule has 2 fully saturated rings. The fraction of sp³-hybridized carbons (Fsp3) is 0.300. The summed E-state index contributed by atoms with van der Waals surface area (Å²) in [5.74, 6) is 0.124. The number of benzene rings is 3. The normalized spacial score (nSPS) is 16.8. The fourth-order valence-corrected chi connectivity index (χ4v) is 4.56. The minimum Gasteiger partial charge on any atom is -0.445 e. The van der Waals surface area contributed by atoms with Crippen LogP contribution in [0.25, 0.3) is 11.1 Å². The molecule has 7 heteroatoms. The third kappa shape index (κ3) is 6.36. The molecule has 1 unspecified atom stereocenters. The zero-order chi connectivity index (χ0) is 25.6. The first-order chi connectivity index (χ1) is 18.1. The van der Waals surface area contributed by atoms with Gasteiger partial charge in [0.05, 0.1) is 0 Å². The number of anilines is 1. The van der Waals surface area contributed by atoms with Gasteiger partial charge in [0.1, 0.15) is 12.6 Å². The molecule has 1 aliphatic heterocycles. The van der Waals surface area contributed by atoms with Crippen LogP contribution in [0.3, 0.4) is 0 Å². The van der Waals surface area contributed by atoms with E-state index in [9.17, 15) is 14.4 Å². The highest BCUT2D eigenvalue weighted by atomic mass is 16.6. The van der Waals surface area contributed by atoms with E-state index in [4.69, 9.17) is 4.74 Å². The lowest BCUT2D eigenvalue weighted by Gasteiger charge is -2.23. The Morgan fingerprint density at radius 3 is 2.35 bits per heavy atom. The van der Waals surface area contributed by atoms with Crippen molar-refractivity contribution < 1.29 is 19.1 Å². The fourth-order valence-electron chi connectivity index (χ4n) is 4.56. The van der Waals surface area contributed by atoms with E-state index < -0.39 is 12.1 Å². The predicted octanol–water partition coefficient (Wildman–Crippen LogP) is 5.12. The lowest BCUT2D eigenvalue weighted by atomic mass is 10.0. The summed E-state index contributed by atoms with van der Waals surface area (Å²) in [7, 11) is 0. The van der Waals surface area contributed by atoms with Crippen LogP contribution in [0.5, 0.6) is 0 Å². The number of rotatable bonds is 8. The van der Waals surface area contributed by atoms with E-state index >= 15 is 0 Å². The third-order valence-corrected chi connectivity index (χ3v) is 6.83. The summed E-state index contributed by atoms with van der Waals surface area (Å²) >= 11 is 0. The van der Waals surface area contributed by atoms with Gasteiger partial charge in [0.2, 0.25) is 11.8 Å². The molecular formula is C30H31N3O4. The van der Waals surface area contributed by atoms with E-state index in [1.54, 1.807) is 0 Å². The van der Waals surface area contributed by atoms with Crippen molar-refractivity contribution in [2.45, 2.75) is 44.9 Å². The molecule has 1 saturated carbocycles. The van der Waals surface area contributed by atoms with Crippen molar-refractivity contribution in [1.29, 1.82) is 0 Å². The number of nitrogens with zero attached hydrogens (tertiary/aromatic N) is 1. The van der Waals surface area contributed by atoms with Crippen LogP contribution < -0.4 is 10.6 Å². The lowest BCUT2D eigenvalue weighted by molar-refractivity contribution is -0.122. The smallest absolute Gasteiger partial charge is 0.410 e. The monoisotopic (exact) mass is 497 g/mol. The van der Waals surface area contributed by atoms with E-state index in [-0.39, 0.29) is 24.3 Å². The first-order valence-electron chi connectivity index (χ1n) is 12.8. The van der Waals surface area contributed by atoms with Gasteiger partial charge in [-0.25, -0.2) is 4.79 Å². The Bertz CT molecular complexity index is 1260. The summed E-state index contributed by atoms with van der Waals surface area (Å²) in [5.41, 5.74) is 4.61. The maximum atomic E-state index is 13.1. The number of ether oxygens (including phenoxy) is 1. The van der Waals surface area contributed by atoms with Crippen LogP contribution in [-0.2, 0) is 27.5 Å². The van der Waals surface area contributed by atoms with Crippen molar-refractivity contribution >= 4 is 23.6 Å². The number of amides is 3. The van der Waals surface area contributed by atoms with Crippen molar-refractivity contribution in [3.05, 3.63) is 90.0 Å². The number of hydrogen-bond acceptors (Lipinski definition) is 4. The summed E-state index contributed by atoms with van der Waals surface area (Å²) in [6.45, 7) is 1.20. The molecule has 0 radical (unpaired) electrons. The molecule has 0 bridgehead atoms. The Labute approximate surface area is 216 Å². The van der Waals surface area contributed by atoms with Crippen LogP contribution in [-0.4, -0.2) is 35.4 Å². The second-order valence-electron chi connectivity index (χ2n) is 9.65. The average Bonchev–Trinajstić information content (AvgIpc) is 3.67. The molecule has 37 heavy (non-hydrogen) atoms. The minimum absolute atomic E-state index is 0.137.